The molecule has 0 saturated carbocycles. The Morgan fingerprint density at radius 3 is 2.63 bits per heavy atom. The zero-order chi connectivity index (χ0) is 19.6. The molecule has 2 heterocycles. The van der Waals surface area contributed by atoms with Gasteiger partial charge in [-0.15, -0.1) is 0 Å². The highest BCUT2D eigenvalue weighted by atomic mass is 16.5. The summed E-state index contributed by atoms with van der Waals surface area (Å²) in [5, 5.41) is 5.64. The largest absolute Gasteiger partial charge is 0.495 e. The molecule has 0 bridgehead atoms. The number of hydrogen-bond donors (Lipinski definition) is 2. The molecule has 140 valence electrons. The molecule has 0 radical (unpaired) electrons. The zero-order valence-corrected chi connectivity index (χ0v) is 15.7. The molecule has 7 nitrogen and oxygen atoms in total. The molecule has 2 amide bonds. The summed E-state index contributed by atoms with van der Waals surface area (Å²) >= 11 is 0. The Kier molecular flexibility index (Phi) is 5.12. The molecule has 0 fully saturated rings. The van der Waals surface area contributed by atoms with Crippen LogP contribution in [0.3, 0.4) is 0 Å². The van der Waals surface area contributed by atoms with Crippen LogP contribution < -0.4 is 15.4 Å². The van der Waals surface area contributed by atoms with Gasteiger partial charge in [-0.25, -0.2) is 4.98 Å². The second-order valence-corrected chi connectivity index (χ2v) is 6.53. The van der Waals surface area contributed by atoms with Crippen LogP contribution in [-0.2, 0) is 0 Å². The fourth-order valence-corrected chi connectivity index (χ4v) is 2.79. The van der Waals surface area contributed by atoms with E-state index in [0.29, 0.717) is 17.0 Å². The molecule has 0 aliphatic carbocycles. The summed E-state index contributed by atoms with van der Waals surface area (Å²) in [4.78, 5) is 29.7. The first kappa shape index (κ1) is 18.4. The Hall–Kier alpha value is -3.35. The average Bonchev–Trinajstić information content (AvgIpc) is 3.01. The Bertz CT molecular complexity index is 1010. The number of amides is 2. The van der Waals surface area contributed by atoms with Crippen molar-refractivity contribution >= 4 is 23.0 Å². The highest BCUT2D eigenvalue weighted by Crippen LogP contribution is 2.26. The fourth-order valence-electron chi connectivity index (χ4n) is 2.79. The van der Waals surface area contributed by atoms with Crippen molar-refractivity contribution in [3.63, 3.8) is 0 Å². The first-order valence-corrected chi connectivity index (χ1v) is 8.64. The highest BCUT2D eigenvalue weighted by Gasteiger charge is 2.22. The second kappa shape index (κ2) is 7.49. The van der Waals surface area contributed by atoms with Crippen molar-refractivity contribution in [1.29, 1.82) is 0 Å². The predicted molar refractivity (Wildman–Crippen MR) is 103 cm³/mol. The smallest absolute Gasteiger partial charge is 0.292 e. The fraction of sp³-hybridized carbons (Fsp3) is 0.250. The maximum absolute atomic E-state index is 12.9. The van der Waals surface area contributed by atoms with Gasteiger partial charge in [0.25, 0.3) is 11.8 Å². The number of rotatable bonds is 5. The normalized spacial score (nSPS) is 10.9. The van der Waals surface area contributed by atoms with Gasteiger partial charge in [0, 0.05) is 12.2 Å². The van der Waals surface area contributed by atoms with Crippen molar-refractivity contribution < 1.29 is 14.3 Å². The highest BCUT2D eigenvalue weighted by molar-refractivity contribution is 6.06. The third-order valence-electron chi connectivity index (χ3n) is 3.99. The van der Waals surface area contributed by atoms with Crippen molar-refractivity contribution in [2.75, 3.05) is 12.4 Å². The molecule has 7 heteroatoms. The number of anilines is 1. The van der Waals surface area contributed by atoms with Gasteiger partial charge in [0.2, 0.25) is 5.82 Å². The van der Waals surface area contributed by atoms with Crippen molar-refractivity contribution in [3.8, 4) is 5.75 Å². The number of imidazole rings is 1. The molecule has 2 N–H and O–H groups in total. The van der Waals surface area contributed by atoms with Crippen LogP contribution in [0.2, 0.25) is 0 Å². The van der Waals surface area contributed by atoms with Gasteiger partial charge in [0.15, 0.2) is 5.69 Å². The Balaban J connectivity index is 2.01. The SMILES string of the molecule is COc1ccc(C)cc1NC(=O)c1nc(C(=O)NC(C)C)c2ccccn12. The number of ether oxygens (including phenoxy) is 1. The predicted octanol–water partition coefficient (Wildman–Crippen LogP) is 3.04. The molecular weight excluding hydrogens is 344 g/mol. The van der Waals surface area contributed by atoms with E-state index in [1.54, 1.807) is 42.0 Å². The van der Waals surface area contributed by atoms with Gasteiger partial charge in [0.1, 0.15) is 5.75 Å². The van der Waals surface area contributed by atoms with E-state index >= 15 is 0 Å². The van der Waals surface area contributed by atoms with E-state index in [4.69, 9.17) is 4.74 Å². The molecule has 0 atom stereocenters. The average molecular weight is 366 g/mol. The van der Waals surface area contributed by atoms with Crippen LogP contribution in [0.1, 0.15) is 40.5 Å². The topological polar surface area (TPSA) is 84.7 Å². The minimum Gasteiger partial charge on any atom is -0.495 e. The zero-order valence-electron chi connectivity index (χ0n) is 15.7. The van der Waals surface area contributed by atoms with Crippen LogP contribution in [-0.4, -0.2) is 34.4 Å². The van der Waals surface area contributed by atoms with Crippen LogP contribution in [0.5, 0.6) is 5.75 Å². The number of aryl methyl sites for hydroxylation is 1. The van der Waals surface area contributed by atoms with Gasteiger partial charge in [-0.1, -0.05) is 12.1 Å². The number of pyridine rings is 1. The van der Waals surface area contributed by atoms with Crippen LogP contribution in [0.25, 0.3) is 5.52 Å². The summed E-state index contributed by atoms with van der Waals surface area (Å²) in [6.45, 7) is 5.66. The summed E-state index contributed by atoms with van der Waals surface area (Å²) in [6.07, 6.45) is 1.71. The van der Waals surface area contributed by atoms with Crippen LogP contribution in [0, 0.1) is 6.92 Å². The lowest BCUT2D eigenvalue weighted by atomic mass is 10.2. The summed E-state index contributed by atoms with van der Waals surface area (Å²) < 4.78 is 6.91. The van der Waals surface area contributed by atoms with E-state index in [1.807, 2.05) is 32.9 Å². The van der Waals surface area contributed by atoms with E-state index in [-0.39, 0.29) is 23.5 Å². The van der Waals surface area contributed by atoms with Gasteiger partial charge in [-0.3, -0.25) is 14.0 Å². The monoisotopic (exact) mass is 366 g/mol. The van der Waals surface area contributed by atoms with Crippen molar-refractivity contribution in [1.82, 2.24) is 14.7 Å². The molecule has 3 aromatic rings. The van der Waals surface area contributed by atoms with Crippen molar-refractivity contribution in [2.24, 2.45) is 0 Å². The quantitative estimate of drug-likeness (QED) is 0.727. The third-order valence-corrected chi connectivity index (χ3v) is 3.99. The maximum atomic E-state index is 12.9. The van der Waals surface area contributed by atoms with Gasteiger partial charge < -0.3 is 15.4 Å². The lowest BCUT2D eigenvalue weighted by molar-refractivity contribution is 0.0940. The number of methoxy groups -OCH3 is 1. The van der Waals surface area contributed by atoms with Crippen molar-refractivity contribution in [2.45, 2.75) is 26.8 Å². The number of aromatic nitrogens is 2. The van der Waals surface area contributed by atoms with E-state index in [2.05, 4.69) is 15.6 Å². The van der Waals surface area contributed by atoms with E-state index in [0.717, 1.165) is 5.56 Å². The number of carbonyl (C=O) groups is 2. The van der Waals surface area contributed by atoms with Gasteiger partial charge in [0.05, 0.1) is 18.3 Å². The maximum Gasteiger partial charge on any atom is 0.292 e. The summed E-state index contributed by atoms with van der Waals surface area (Å²) in [6, 6.07) is 10.8. The lowest BCUT2D eigenvalue weighted by Gasteiger charge is -2.10. The first-order valence-electron chi connectivity index (χ1n) is 8.64. The second-order valence-electron chi connectivity index (χ2n) is 6.53. The number of fused-ring (bicyclic) bond motifs is 1. The Morgan fingerprint density at radius 2 is 1.93 bits per heavy atom. The molecule has 3 rings (SSSR count). The van der Waals surface area contributed by atoms with E-state index in [1.165, 1.54) is 0 Å². The number of benzene rings is 1. The van der Waals surface area contributed by atoms with Crippen LogP contribution >= 0.6 is 0 Å². The molecule has 1 aromatic carbocycles. The molecule has 0 spiro atoms. The lowest BCUT2D eigenvalue weighted by Crippen LogP contribution is -2.30. The van der Waals surface area contributed by atoms with E-state index < -0.39 is 5.91 Å². The van der Waals surface area contributed by atoms with Gasteiger partial charge in [-0.2, -0.15) is 0 Å². The molecular formula is C20H22N4O3. The molecule has 0 unspecified atom stereocenters. The molecule has 0 saturated heterocycles. The molecule has 2 aromatic heterocycles. The van der Waals surface area contributed by atoms with Crippen LogP contribution in [0.15, 0.2) is 42.6 Å². The Morgan fingerprint density at radius 1 is 1.15 bits per heavy atom. The summed E-state index contributed by atoms with van der Waals surface area (Å²) in [5.74, 6) is -0.0692. The minimum absolute atomic E-state index is 0.0354. The molecule has 27 heavy (non-hydrogen) atoms. The summed E-state index contributed by atoms with van der Waals surface area (Å²) in [5.41, 5.74) is 2.31. The number of nitrogens with one attached hydrogen (secondary N) is 2. The van der Waals surface area contributed by atoms with Crippen molar-refractivity contribution in [3.05, 3.63) is 59.7 Å². The van der Waals surface area contributed by atoms with Gasteiger partial charge >= 0.3 is 0 Å². The Labute approximate surface area is 157 Å². The van der Waals surface area contributed by atoms with Crippen LogP contribution in [0.4, 0.5) is 5.69 Å². The third kappa shape index (κ3) is 3.76. The number of hydrogen-bond acceptors (Lipinski definition) is 4. The number of carbonyl (C=O) groups excluding carboxylic acids is 2. The first-order chi connectivity index (χ1) is 12.9. The van der Waals surface area contributed by atoms with Gasteiger partial charge in [-0.05, 0) is 50.6 Å². The standard InChI is InChI=1S/C20H22N4O3/c1-12(2)21-19(25)17-15-7-5-6-10-24(15)18(23-17)20(26)22-14-11-13(3)8-9-16(14)27-4/h5-12H,1-4H3,(H,21,25)(H,22,26). The molecule has 0 aliphatic rings. The number of nitrogens with zero attached hydrogens (tertiary/aromatic N) is 2. The summed E-state index contributed by atoms with van der Waals surface area (Å²) in [7, 11) is 1.54. The molecule has 0 aliphatic heterocycles. The minimum atomic E-state index is -0.427. The van der Waals surface area contributed by atoms with E-state index in [9.17, 15) is 9.59 Å².